The highest BCUT2D eigenvalue weighted by Gasteiger charge is 2.52. The number of aromatic nitrogens is 2. The van der Waals surface area contributed by atoms with Crippen LogP contribution in [-0.4, -0.2) is 53.0 Å². The quantitative estimate of drug-likeness (QED) is 0.821. The molecule has 2 aromatic heterocycles. The summed E-state index contributed by atoms with van der Waals surface area (Å²) in [6, 6.07) is 7.49. The number of piperidine rings is 1. The molecule has 148 valence electrons. The van der Waals surface area contributed by atoms with Crippen LogP contribution in [0.4, 0.5) is 0 Å². The molecular formula is C20H24N4O3S. The van der Waals surface area contributed by atoms with Gasteiger partial charge in [-0.3, -0.25) is 14.8 Å². The third-order valence-corrected chi connectivity index (χ3v) is 7.59. The fraction of sp³-hybridized carbons (Fsp3) is 0.450. The number of sulfonamides is 1. The Bertz CT molecular complexity index is 936. The molecule has 4 heterocycles. The number of pyridine rings is 2. The first-order chi connectivity index (χ1) is 13.5. The first kappa shape index (κ1) is 19.0. The number of nitrogens with zero attached hydrogens (tertiary/aromatic N) is 3. The Kier molecular flexibility index (Phi) is 5.16. The van der Waals surface area contributed by atoms with Crippen molar-refractivity contribution >= 4 is 15.9 Å². The van der Waals surface area contributed by atoms with Crippen molar-refractivity contribution in [1.82, 2.24) is 19.6 Å². The molecule has 8 heteroatoms. The number of amides is 1. The van der Waals surface area contributed by atoms with Gasteiger partial charge in [-0.2, -0.15) is 4.31 Å². The zero-order valence-corrected chi connectivity index (χ0v) is 16.4. The molecule has 0 radical (unpaired) electrons. The van der Waals surface area contributed by atoms with Gasteiger partial charge in [-0.05, 0) is 48.6 Å². The van der Waals surface area contributed by atoms with Crippen molar-refractivity contribution in [3.8, 4) is 0 Å². The molecule has 2 aliphatic rings. The molecule has 0 unspecified atom stereocenters. The van der Waals surface area contributed by atoms with Crippen LogP contribution in [0.5, 0.6) is 0 Å². The second kappa shape index (κ2) is 7.60. The summed E-state index contributed by atoms with van der Waals surface area (Å²) in [5, 5.41) is 3.14. The van der Waals surface area contributed by atoms with E-state index in [4.69, 9.17) is 0 Å². The van der Waals surface area contributed by atoms with Gasteiger partial charge in [0.1, 0.15) is 0 Å². The minimum absolute atomic E-state index is 0.00354. The molecule has 0 aromatic carbocycles. The molecule has 2 saturated heterocycles. The molecule has 2 atom stereocenters. The molecule has 28 heavy (non-hydrogen) atoms. The van der Waals surface area contributed by atoms with Crippen molar-refractivity contribution in [3.63, 3.8) is 0 Å². The fourth-order valence-electron chi connectivity index (χ4n) is 4.36. The van der Waals surface area contributed by atoms with Crippen molar-refractivity contribution in [2.24, 2.45) is 0 Å². The average molecular weight is 401 g/mol. The lowest BCUT2D eigenvalue weighted by molar-refractivity contribution is -0.125. The predicted molar refractivity (Wildman–Crippen MR) is 105 cm³/mol. The van der Waals surface area contributed by atoms with E-state index in [9.17, 15) is 13.2 Å². The van der Waals surface area contributed by atoms with Crippen molar-refractivity contribution < 1.29 is 13.2 Å². The van der Waals surface area contributed by atoms with E-state index < -0.39 is 15.6 Å². The van der Waals surface area contributed by atoms with E-state index in [2.05, 4.69) is 15.3 Å². The highest BCUT2D eigenvalue weighted by atomic mass is 32.2. The number of carbonyl (C=O) groups is 1. The highest BCUT2D eigenvalue weighted by molar-refractivity contribution is 7.89. The van der Waals surface area contributed by atoms with Gasteiger partial charge in [-0.15, -0.1) is 0 Å². The molecule has 2 aromatic rings. The molecule has 0 saturated carbocycles. The number of nitrogens with one attached hydrogen (secondary N) is 1. The SMILES string of the molecule is O=C1CCC[C@]2(CN(S(=O)(=O)CCc3ccncc3)C[C@H]2c2cccnc2)N1. The number of hydrogen-bond acceptors (Lipinski definition) is 5. The van der Waals surface area contributed by atoms with E-state index in [1.54, 1.807) is 29.1 Å². The predicted octanol–water partition coefficient (Wildman–Crippen LogP) is 1.49. The zero-order chi connectivity index (χ0) is 19.6. The van der Waals surface area contributed by atoms with Gasteiger partial charge >= 0.3 is 0 Å². The van der Waals surface area contributed by atoms with Crippen molar-refractivity contribution in [2.75, 3.05) is 18.8 Å². The van der Waals surface area contributed by atoms with Gasteiger partial charge in [0.25, 0.3) is 0 Å². The summed E-state index contributed by atoms with van der Waals surface area (Å²) in [5.74, 6) is -0.0572. The van der Waals surface area contributed by atoms with E-state index in [1.807, 2.05) is 24.3 Å². The maximum atomic E-state index is 13.1. The van der Waals surface area contributed by atoms with Gasteiger partial charge in [0, 0.05) is 50.2 Å². The Balaban J connectivity index is 1.58. The van der Waals surface area contributed by atoms with Crippen LogP contribution in [0.3, 0.4) is 0 Å². The Hall–Kier alpha value is -2.32. The summed E-state index contributed by atoms with van der Waals surface area (Å²) in [5.41, 5.74) is 1.36. The second-order valence-corrected chi connectivity index (χ2v) is 9.70. The summed E-state index contributed by atoms with van der Waals surface area (Å²) < 4.78 is 27.7. The summed E-state index contributed by atoms with van der Waals surface area (Å²) in [6.07, 6.45) is 9.30. The van der Waals surface area contributed by atoms with Crippen molar-refractivity contribution in [1.29, 1.82) is 0 Å². The highest BCUT2D eigenvalue weighted by Crippen LogP contribution is 2.42. The van der Waals surface area contributed by atoms with E-state index in [-0.39, 0.29) is 17.6 Å². The molecule has 2 aliphatic heterocycles. The summed E-state index contributed by atoms with van der Waals surface area (Å²) >= 11 is 0. The fourth-order valence-corrected chi connectivity index (χ4v) is 5.91. The first-order valence-electron chi connectivity index (χ1n) is 9.56. The van der Waals surface area contributed by atoms with Gasteiger partial charge < -0.3 is 5.32 Å². The third-order valence-electron chi connectivity index (χ3n) is 5.81. The standard InChI is InChI=1S/C20H24N4O3S/c25-19-4-1-8-20(23-19)15-24(14-18(20)17-3-2-9-22-13-17)28(26,27)12-7-16-5-10-21-11-6-16/h2-3,5-6,9-11,13,18H,1,4,7-8,12,14-15H2,(H,23,25)/t18-,20+/m0/s1. The monoisotopic (exact) mass is 400 g/mol. The van der Waals surface area contributed by atoms with Crippen molar-refractivity contribution in [2.45, 2.75) is 37.1 Å². The topological polar surface area (TPSA) is 92.3 Å². The Morgan fingerprint density at radius 2 is 2.00 bits per heavy atom. The molecule has 1 spiro atoms. The van der Waals surface area contributed by atoms with Crippen LogP contribution in [0, 0.1) is 0 Å². The summed E-state index contributed by atoms with van der Waals surface area (Å²) in [6.45, 7) is 0.682. The molecular weight excluding hydrogens is 376 g/mol. The summed E-state index contributed by atoms with van der Waals surface area (Å²) in [4.78, 5) is 20.3. The normalized spacial score (nSPS) is 25.7. The van der Waals surface area contributed by atoms with Crippen LogP contribution in [0.2, 0.25) is 0 Å². The first-order valence-corrected chi connectivity index (χ1v) is 11.2. The van der Waals surface area contributed by atoms with Gasteiger partial charge in [0.05, 0.1) is 11.3 Å². The van der Waals surface area contributed by atoms with Gasteiger partial charge in [-0.1, -0.05) is 6.07 Å². The molecule has 2 fully saturated rings. The van der Waals surface area contributed by atoms with E-state index >= 15 is 0 Å². The minimum Gasteiger partial charge on any atom is -0.349 e. The number of carbonyl (C=O) groups excluding carboxylic acids is 1. The third kappa shape index (κ3) is 3.79. The van der Waals surface area contributed by atoms with Crippen LogP contribution >= 0.6 is 0 Å². The maximum Gasteiger partial charge on any atom is 0.220 e. The molecule has 0 bridgehead atoms. The molecule has 7 nitrogen and oxygen atoms in total. The van der Waals surface area contributed by atoms with Gasteiger partial charge in [-0.25, -0.2) is 8.42 Å². The van der Waals surface area contributed by atoms with Crippen LogP contribution in [0.15, 0.2) is 49.1 Å². The maximum absolute atomic E-state index is 13.1. The largest absolute Gasteiger partial charge is 0.349 e. The lowest BCUT2D eigenvalue weighted by Crippen LogP contribution is -2.56. The minimum atomic E-state index is -3.45. The van der Waals surface area contributed by atoms with Crippen LogP contribution in [0.25, 0.3) is 0 Å². The van der Waals surface area contributed by atoms with Gasteiger partial charge in [0.15, 0.2) is 0 Å². The van der Waals surface area contributed by atoms with Gasteiger partial charge in [0.2, 0.25) is 15.9 Å². The average Bonchev–Trinajstić information content (AvgIpc) is 3.07. The molecule has 1 N–H and O–H groups in total. The Morgan fingerprint density at radius 3 is 2.71 bits per heavy atom. The zero-order valence-electron chi connectivity index (χ0n) is 15.6. The van der Waals surface area contributed by atoms with Crippen LogP contribution in [-0.2, 0) is 21.2 Å². The smallest absolute Gasteiger partial charge is 0.220 e. The van der Waals surface area contributed by atoms with E-state index in [0.717, 1.165) is 24.0 Å². The Labute approximate surface area is 165 Å². The molecule has 1 amide bonds. The van der Waals surface area contributed by atoms with Crippen LogP contribution < -0.4 is 5.32 Å². The van der Waals surface area contributed by atoms with E-state index in [1.165, 1.54) is 0 Å². The Morgan fingerprint density at radius 1 is 1.18 bits per heavy atom. The second-order valence-electron chi connectivity index (χ2n) is 7.61. The van der Waals surface area contributed by atoms with Crippen LogP contribution in [0.1, 0.15) is 36.3 Å². The number of rotatable bonds is 5. The number of aryl methyl sites for hydroxylation is 1. The lowest BCUT2D eigenvalue weighted by atomic mass is 9.77. The molecule has 4 rings (SSSR count). The summed E-state index contributed by atoms with van der Waals surface area (Å²) in [7, 11) is -3.45. The number of hydrogen-bond donors (Lipinski definition) is 1. The lowest BCUT2D eigenvalue weighted by Gasteiger charge is -2.39. The molecule has 0 aliphatic carbocycles. The van der Waals surface area contributed by atoms with Crippen molar-refractivity contribution in [3.05, 3.63) is 60.2 Å². The van der Waals surface area contributed by atoms with E-state index in [0.29, 0.717) is 25.9 Å².